The van der Waals surface area contributed by atoms with Crippen LogP contribution < -0.4 is 10.6 Å². The predicted molar refractivity (Wildman–Crippen MR) is 96.3 cm³/mol. The summed E-state index contributed by atoms with van der Waals surface area (Å²) in [5.41, 5.74) is 2.53. The van der Waals surface area contributed by atoms with Gasteiger partial charge >= 0.3 is 0 Å². The molecule has 0 radical (unpaired) electrons. The lowest BCUT2D eigenvalue weighted by Crippen LogP contribution is -2.26. The molecule has 2 aromatic carbocycles. The highest BCUT2D eigenvalue weighted by molar-refractivity contribution is 6.30. The van der Waals surface area contributed by atoms with Crippen molar-refractivity contribution in [3.8, 4) is 0 Å². The van der Waals surface area contributed by atoms with Gasteiger partial charge in [0.15, 0.2) is 0 Å². The second-order valence-corrected chi connectivity index (χ2v) is 6.86. The van der Waals surface area contributed by atoms with Crippen LogP contribution in [0.15, 0.2) is 48.5 Å². The van der Waals surface area contributed by atoms with Gasteiger partial charge in [-0.15, -0.1) is 0 Å². The van der Waals surface area contributed by atoms with E-state index in [2.05, 4.69) is 10.6 Å². The smallest absolute Gasteiger partial charge is 0.255 e. The highest BCUT2D eigenvalue weighted by Crippen LogP contribution is 2.44. The van der Waals surface area contributed by atoms with Crippen molar-refractivity contribution in [3.05, 3.63) is 64.7 Å². The third-order valence-electron chi connectivity index (χ3n) is 4.41. The molecule has 126 valence electrons. The molecule has 0 atom stereocenters. The number of anilines is 1. The molecule has 1 saturated carbocycles. The molecule has 3 rings (SSSR count). The van der Waals surface area contributed by atoms with Crippen molar-refractivity contribution in [2.75, 3.05) is 18.5 Å². The van der Waals surface area contributed by atoms with Gasteiger partial charge in [0, 0.05) is 41.4 Å². The second-order valence-electron chi connectivity index (χ2n) is 6.42. The maximum atomic E-state index is 12.2. The van der Waals surface area contributed by atoms with Crippen LogP contribution in [-0.2, 0) is 6.54 Å². The van der Waals surface area contributed by atoms with Crippen molar-refractivity contribution in [1.82, 2.24) is 5.32 Å². The van der Waals surface area contributed by atoms with Gasteiger partial charge in [0.2, 0.25) is 0 Å². The molecule has 0 aliphatic heterocycles. The van der Waals surface area contributed by atoms with Gasteiger partial charge in [-0.2, -0.15) is 0 Å². The molecule has 2 aromatic rings. The van der Waals surface area contributed by atoms with E-state index in [0.29, 0.717) is 17.1 Å². The van der Waals surface area contributed by atoms with Crippen molar-refractivity contribution in [3.63, 3.8) is 0 Å². The predicted octanol–water partition coefficient (Wildman–Crippen LogP) is 3.45. The van der Waals surface area contributed by atoms with Crippen LogP contribution in [0, 0.1) is 5.41 Å². The molecule has 0 saturated heterocycles. The van der Waals surface area contributed by atoms with E-state index in [9.17, 15) is 9.90 Å². The first-order valence-corrected chi connectivity index (χ1v) is 8.45. The fourth-order valence-corrected chi connectivity index (χ4v) is 2.73. The summed E-state index contributed by atoms with van der Waals surface area (Å²) in [6, 6.07) is 14.6. The Balaban J connectivity index is 1.56. The number of aliphatic hydroxyl groups is 1. The second kappa shape index (κ2) is 7.34. The quantitative estimate of drug-likeness (QED) is 0.721. The third-order valence-corrected chi connectivity index (χ3v) is 4.66. The van der Waals surface area contributed by atoms with Gasteiger partial charge in [-0.3, -0.25) is 4.79 Å². The van der Waals surface area contributed by atoms with Crippen LogP contribution in [0.25, 0.3) is 0 Å². The van der Waals surface area contributed by atoms with E-state index >= 15 is 0 Å². The Bertz CT molecular complexity index is 712. The van der Waals surface area contributed by atoms with Crippen LogP contribution in [0.2, 0.25) is 5.02 Å². The SMILES string of the molecule is O=C(Nc1cccc(CNCC2(CO)CC2)c1)c1ccc(Cl)cc1. The van der Waals surface area contributed by atoms with Gasteiger partial charge in [0.25, 0.3) is 5.91 Å². The summed E-state index contributed by atoms with van der Waals surface area (Å²) in [4.78, 5) is 12.2. The zero-order chi connectivity index (χ0) is 17.0. The Kier molecular flexibility index (Phi) is 5.19. The van der Waals surface area contributed by atoms with Gasteiger partial charge < -0.3 is 15.7 Å². The van der Waals surface area contributed by atoms with Crippen molar-refractivity contribution >= 4 is 23.2 Å². The average molecular weight is 345 g/mol. The molecule has 3 N–H and O–H groups in total. The molecule has 5 heteroatoms. The molecule has 24 heavy (non-hydrogen) atoms. The first-order valence-electron chi connectivity index (χ1n) is 8.08. The van der Waals surface area contributed by atoms with Gasteiger partial charge in [-0.1, -0.05) is 23.7 Å². The van der Waals surface area contributed by atoms with Crippen LogP contribution in [0.3, 0.4) is 0 Å². The molecule has 0 unspecified atom stereocenters. The first-order chi connectivity index (χ1) is 11.6. The maximum Gasteiger partial charge on any atom is 0.255 e. The van der Waals surface area contributed by atoms with E-state index in [-0.39, 0.29) is 17.9 Å². The average Bonchev–Trinajstić information content (AvgIpc) is 3.36. The van der Waals surface area contributed by atoms with Crippen LogP contribution in [0.5, 0.6) is 0 Å². The number of nitrogens with one attached hydrogen (secondary N) is 2. The van der Waals surface area contributed by atoms with Crippen molar-refractivity contribution in [2.24, 2.45) is 5.41 Å². The Morgan fingerprint density at radius 1 is 1.17 bits per heavy atom. The Hall–Kier alpha value is -1.88. The number of benzene rings is 2. The van der Waals surface area contributed by atoms with E-state index in [0.717, 1.165) is 30.6 Å². The summed E-state index contributed by atoms with van der Waals surface area (Å²) in [7, 11) is 0. The summed E-state index contributed by atoms with van der Waals surface area (Å²) in [6.07, 6.45) is 2.18. The Morgan fingerprint density at radius 3 is 2.58 bits per heavy atom. The van der Waals surface area contributed by atoms with Crippen molar-refractivity contribution < 1.29 is 9.90 Å². The van der Waals surface area contributed by atoms with Crippen molar-refractivity contribution in [1.29, 1.82) is 0 Å². The normalized spacial score (nSPS) is 15.1. The summed E-state index contributed by atoms with van der Waals surface area (Å²) in [5, 5.41) is 16.2. The van der Waals surface area contributed by atoms with Crippen LogP contribution in [0.1, 0.15) is 28.8 Å². The van der Waals surface area contributed by atoms with E-state index in [1.807, 2.05) is 24.3 Å². The Labute approximate surface area is 146 Å². The lowest BCUT2D eigenvalue weighted by atomic mass is 10.1. The summed E-state index contributed by atoms with van der Waals surface area (Å²) < 4.78 is 0. The largest absolute Gasteiger partial charge is 0.396 e. The van der Waals surface area contributed by atoms with E-state index in [1.165, 1.54) is 0 Å². The minimum absolute atomic E-state index is 0.0976. The molecule has 1 aliphatic rings. The summed E-state index contributed by atoms with van der Waals surface area (Å²) in [6.45, 7) is 1.79. The fraction of sp³-hybridized carbons (Fsp3) is 0.316. The number of aliphatic hydroxyl groups excluding tert-OH is 1. The van der Waals surface area contributed by atoms with Gasteiger partial charge in [0.05, 0.1) is 0 Å². The monoisotopic (exact) mass is 344 g/mol. The number of carbonyl (C=O) groups excluding carboxylic acids is 1. The number of hydrogen-bond donors (Lipinski definition) is 3. The molecule has 0 bridgehead atoms. The fourth-order valence-electron chi connectivity index (χ4n) is 2.60. The number of halogens is 1. The molecular formula is C19H21ClN2O2. The van der Waals surface area contributed by atoms with E-state index in [4.69, 9.17) is 11.6 Å². The molecule has 1 fully saturated rings. The van der Waals surface area contributed by atoms with Gasteiger partial charge in [-0.25, -0.2) is 0 Å². The van der Waals surface area contributed by atoms with E-state index < -0.39 is 0 Å². The van der Waals surface area contributed by atoms with Gasteiger partial charge in [0.1, 0.15) is 0 Å². The molecule has 1 amide bonds. The molecule has 1 aliphatic carbocycles. The van der Waals surface area contributed by atoms with E-state index in [1.54, 1.807) is 24.3 Å². The minimum Gasteiger partial charge on any atom is -0.396 e. The molecular weight excluding hydrogens is 324 g/mol. The Morgan fingerprint density at radius 2 is 1.92 bits per heavy atom. The standard InChI is InChI=1S/C19H21ClN2O2/c20-16-6-4-15(5-7-16)18(24)22-17-3-1-2-14(10-17)11-21-12-19(13-23)8-9-19/h1-7,10,21,23H,8-9,11-13H2,(H,22,24). The first kappa shape index (κ1) is 17.0. The minimum atomic E-state index is -0.158. The number of amides is 1. The number of carbonyl (C=O) groups is 1. The zero-order valence-corrected chi connectivity index (χ0v) is 14.1. The highest BCUT2D eigenvalue weighted by atomic mass is 35.5. The highest BCUT2D eigenvalue weighted by Gasteiger charge is 2.41. The summed E-state index contributed by atoms with van der Waals surface area (Å²) in [5.74, 6) is -0.158. The van der Waals surface area contributed by atoms with Crippen LogP contribution in [-0.4, -0.2) is 24.2 Å². The topological polar surface area (TPSA) is 61.4 Å². The zero-order valence-electron chi connectivity index (χ0n) is 13.4. The molecule has 0 aromatic heterocycles. The van der Waals surface area contributed by atoms with Crippen LogP contribution in [0.4, 0.5) is 5.69 Å². The third kappa shape index (κ3) is 4.35. The molecule has 0 heterocycles. The van der Waals surface area contributed by atoms with Crippen molar-refractivity contribution in [2.45, 2.75) is 19.4 Å². The number of rotatable bonds is 7. The van der Waals surface area contributed by atoms with Crippen LogP contribution >= 0.6 is 11.6 Å². The summed E-state index contributed by atoms with van der Waals surface area (Å²) >= 11 is 5.84. The molecule has 0 spiro atoms. The number of hydrogen-bond acceptors (Lipinski definition) is 3. The maximum absolute atomic E-state index is 12.2. The lowest BCUT2D eigenvalue weighted by molar-refractivity contribution is 0.102. The molecule has 4 nitrogen and oxygen atoms in total. The van der Waals surface area contributed by atoms with Gasteiger partial charge in [-0.05, 0) is 54.8 Å². The lowest BCUT2D eigenvalue weighted by Gasteiger charge is -2.13.